The van der Waals surface area contributed by atoms with E-state index in [0.29, 0.717) is 17.1 Å². The van der Waals surface area contributed by atoms with Crippen LogP contribution in [-0.4, -0.2) is 58.1 Å². The summed E-state index contributed by atoms with van der Waals surface area (Å²) in [5.74, 6) is 1.20. The SMILES string of the molecule is Cc1cnc(Nc2nc(Sc3ccc(N)cc3)nc(N3CCN(C)CC3)n2)s1. The molecule has 0 aliphatic carbocycles. The molecule has 3 aromatic rings. The topological polar surface area (TPSA) is 96.1 Å². The van der Waals surface area contributed by atoms with Gasteiger partial charge in [0.25, 0.3) is 0 Å². The normalized spacial score (nSPS) is 15.0. The van der Waals surface area contributed by atoms with Gasteiger partial charge in [-0.2, -0.15) is 15.0 Å². The number of aryl methyl sites for hydroxylation is 1. The van der Waals surface area contributed by atoms with E-state index in [-0.39, 0.29) is 0 Å². The molecule has 1 fully saturated rings. The molecule has 0 amide bonds. The van der Waals surface area contributed by atoms with Crippen molar-refractivity contribution in [1.29, 1.82) is 0 Å². The second-order valence-electron chi connectivity index (χ2n) is 6.60. The molecule has 1 aliphatic rings. The number of nitrogen functional groups attached to an aromatic ring is 1. The van der Waals surface area contributed by atoms with E-state index < -0.39 is 0 Å². The lowest BCUT2D eigenvalue weighted by molar-refractivity contribution is 0.311. The van der Waals surface area contributed by atoms with Gasteiger partial charge in [0.15, 0.2) is 10.3 Å². The van der Waals surface area contributed by atoms with Crippen molar-refractivity contribution in [1.82, 2.24) is 24.8 Å². The molecule has 4 rings (SSSR count). The second-order valence-corrected chi connectivity index (χ2v) is 8.88. The minimum absolute atomic E-state index is 0.510. The van der Waals surface area contributed by atoms with Crippen molar-refractivity contribution in [2.75, 3.05) is 49.2 Å². The molecule has 28 heavy (non-hydrogen) atoms. The van der Waals surface area contributed by atoms with Crippen molar-refractivity contribution in [3.63, 3.8) is 0 Å². The van der Waals surface area contributed by atoms with Gasteiger partial charge >= 0.3 is 0 Å². The quantitative estimate of drug-likeness (QED) is 0.611. The monoisotopic (exact) mass is 414 g/mol. The van der Waals surface area contributed by atoms with Gasteiger partial charge in [-0.1, -0.05) is 0 Å². The third-order valence-corrected chi connectivity index (χ3v) is 6.02. The van der Waals surface area contributed by atoms with Gasteiger partial charge < -0.3 is 15.5 Å². The van der Waals surface area contributed by atoms with Crippen molar-refractivity contribution in [3.8, 4) is 0 Å². The summed E-state index contributed by atoms with van der Waals surface area (Å²) < 4.78 is 0. The van der Waals surface area contributed by atoms with E-state index in [0.717, 1.165) is 46.8 Å². The standard InChI is InChI=1S/C18H22N8S2/c1-12-11-20-17(27-12)22-15-21-16(26-9-7-25(2)8-10-26)24-18(23-15)28-14-5-3-13(19)4-6-14/h3-6,11H,7-10,19H2,1-2H3,(H,20,21,22,23,24). The lowest BCUT2D eigenvalue weighted by atomic mass is 10.3. The third-order valence-electron chi connectivity index (χ3n) is 4.32. The molecule has 1 aliphatic heterocycles. The fourth-order valence-corrected chi connectivity index (χ4v) is 4.15. The Morgan fingerprint density at radius 2 is 1.82 bits per heavy atom. The summed E-state index contributed by atoms with van der Waals surface area (Å²) in [5.41, 5.74) is 6.52. The van der Waals surface area contributed by atoms with Gasteiger partial charge in [-0.15, -0.1) is 11.3 Å². The number of nitrogens with zero attached hydrogens (tertiary/aromatic N) is 6. The highest BCUT2D eigenvalue weighted by molar-refractivity contribution is 7.99. The van der Waals surface area contributed by atoms with E-state index in [1.54, 1.807) is 11.3 Å². The van der Waals surface area contributed by atoms with Crippen molar-refractivity contribution in [2.45, 2.75) is 17.0 Å². The van der Waals surface area contributed by atoms with Crippen molar-refractivity contribution < 1.29 is 0 Å². The highest BCUT2D eigenvalue weighted by Gasteiger charge is 2.19. The van der Waals surface area contributed by atoms with E-state index in [4.69, 9.17) is 10.7 Å². The Balaban J connectivity index is 1.62. The van der Waals surface area contributed by atoms with Crippen LogP contribution in [0.25, 0.3) is 0 Å². The summed E-state index contributed by atoms with van der Waals surface area (Å²) in [5, 5.41) is 4.64. The van der Waals surface area contributed by atoms with Gasteiger partial charge in [0.1, 0.15) is 0 Å². The summed E-state index contributed by atoms with van der Waals surface area (Å²) in [7, 11) is 2.13. The second kappa shape index (κ2) is 8.29. The first-order valence-corrected chi connectivity index (χ1v) is 10.6. The molecule has 3 heterocycles. The number of nitrogens with two attached hydrogens (primary N) is 1. The van der Waals surface area contributed by atoms with Gasteiger partial charge in [-0.05, 0) is 50.0 Å². The van der Waals surface area contributed by atoms with Crippen LogP contribution in [0.1, 0.15) is 4.88 Å². The first kappa shape index (κ1) is 18.9. The smallest absolute Gasteiger partial charge is 0.234 e. The summed E-state index contributed by atoms with van der Waals surface area (Å²) in [6.07, 6.45) is 1.83. The number of benzene rings is 1. The molecule has 10 heteroatoms. The zero-order valence-electron chi connectivity index (χ0n) is 15.8. The molecule has 1 saturated heterocycles. The summed E-state index contributed by atoms with van der Waals surface area (Å²) >= 11 is 3.07. The minimum atomic E-state index is 0.510. The highest BCUT2D eigenvalue weighted by atomic mass is 32.2. The molecule has 146 valence electrons. The van der Waals surface area contributed by atoms with Crippen LogP contribution in [0.4, 0.5) is 22.7 Å². The number of hydrogen-bond acceptors (Lipinski definition) is 10. The molecule has 0 radical (unpaired) electrons. The highest BCUT2D eigenvalue weighted by Crippen LogP contribution is 2.29. The van der Waals surface area contributed by atoms with Crippen LogP contribution in [-0.2, 0) is 0 Å². The molecular formula is C18H22N8S2. The van der Waals surface area contributed by atoms with Gasteiger partial charge in [0.05, 0.1) is 0 Å². The molecule has 0 atom stereocenters. The Labute approximate surface area is 172 Å². The number of likely N-dealkylation sites (N-methyl/N-ethyl adjacent to an activating group) is 1. The van der Waals surface area contributed by atoms with Crippen LogP contribution in [0.5, 0.6) is 0 Å². The van der Waals surface area contributed by atoms with Crippen LogP contribution >= 0.6 is 23.1 Å². The Morgan fingerprint density at radius 3 is 2.50 bits per heavy atom. The number of rotatable bonds is 5. The van der Waals surface area contributed by atoms with E-state index in [1.807, 2.05) is 37.4 Å². The van der Waals surface area contributed by atoms with Gasteiger partial charge in [-0.3, -0.25) is 5.32 Å². The van der Waals surface area contributed by atoms with Crippen LogP contribution in [0.3, 0.4) is 0 Å². The maximum atomic E-state index is 5.79. The van der Waals surface area contributed by atoms with E-state index in [2.05, 4.69) is 37.1 Å². The van der Waals surface area contributed by atoms with Crippen LogP contribution in [0.15, 0.2) is 40.5 Å². The Hall–Kier alpha value is -2.43. The zero-order valence-corrected chi connectivity index (χ0v) is 17.4. The Bertz CT molecular complexity index is 935. The Kier molecular flexibility index (Phi) is 5.60. The van der Waals surface area contributed by atoms with Gasteiger partial charge in [-0.25, -0.2) is 4.98 Å². The molecule has 8 nitrogen and oxygen atoms in total. The number of anilines is 4. The minimum Gasteiger partial charge on any atom is -0.399 e. The molecular weight excluding hydrogens is 392 g/mol. The van der Waals surface area contributed by atoms with Crippen molar-refractivity contribution >= 4 is 45.8 Å². The molecule has 0 spiro atoms. The van der Waals surface area contributed by atoms with Crippen molar-refractivity contribution in [3.05, 3.63) is 35.3 Å². The third kappa shape index (κ3) is 4.70. The van der Waals surface area contributed by atoms with Crippen LogP contribution in [0, 0.1) is 6.92 Å². The van der Waals surface area contributed by atoms with E-state index in [1.165, 1.54) is 11.8 Å². The molecule has 2 aromatic heterocycles. The number of nitrogens with one attached hydrogen (secondary N) is 1. The van der Waals surface area contributed by atoms with Crippen LogP contribution < -0.4 is 16.0 Å². The average molecular weight is 415 g/mol. The number of aromatic nitrogens is 4. The number of piperazine rings is 1. The summed E-state index contributed by atoms with van der Waals surface area (Å²) in [6, 6.07) is 7.69. The first-order valence-electron chi connectivity index (χ1n) is 8.97. The summed E-state index contributed by atoms with van der Waals surface area (Å²) in [4.78, 5) is 25.0. The average Bonchev–Trinajstić information content (AvgIpc) is 3.09. The number of thiazole rings is 1. The van der Waals surface area contributed by atoms with E-state index >= 15 is 0 Å². The maximum absolute atomic E-state index is 5.79. The number of hydrogen-bond donors (Lipinski definition) is 2. The summed E-state index contributed by atoms with van der Waals surface area (Å²) in [6.45, 7) is 5.78. The predicted octanol–water partition coefficient (Wildman–Crippen LogP) is 2.87. The lowest BCUT2D eigenvalue weighted by Gasteiger charge is -2.32. The molecule has 1 aromatic carbocycles. The lowest BCUT2D eigenvalue weighted by Crippen LogP contribution is -2.45. The van der Waals surface area contributed by atoms with Crippen molar-refractivity contribution in [2.24, 2.45) is 0 Å². The molecule has 3 N–H and O–H groups in total. The van der Waals surface area contributed by atoms with Gasteiger partial charge in [0.2, 0.25) is 11.9 Å². The molecule has 0 saturated carbocycles. The largest absolute Gasteiger partial charge is 0.399 e. The van der Waals surface area contributed by atoms with E-state index in [9.17, 15) is 0 Å². The Morgan fingerprint density at radius 1 is 1.07 bits per heavy atom. The van der Waals surface area contributed by atoms with Crippen LogP contribution in [0.2, 0.25) is 0 Å². The maximum Gasteiger partial charge on any atom is 0.234 e. The first-order chi connectivity index (χ1) is 13.5. The fraction of sp³-hybridized carbons (Fsp3) is 0.333. The molecule has 0 bridgehead atoms. The fourth-order valence-electron chi connectivity index (χ4n) is 2.74. The predicted molar refractivity (Wildman–Crippen MR) is 115 cm³/mol. The molecule has 0 unspecified atom stereocenters. The zero-order chi connectivity index (χ0) is 19.5. The van der Waals surface area contributed by atoms with Gasteiger partial charge in [0, 0.05) is 47.8 Å².